The Morgan fingerprint density at radius 2 is 1.76 bits per heavy atom. The minimum Gasteiger partial charge on any atom is -0.278 e. The van der Waals surface area contributed by atoms with E-state index in [4.69, 9.17) is 0 Å². The van der Waals surface area contributed by atoms with Crippen molar-refractivity contribution in [2.75, 3.05) is 4.72 Å². The Balaban J connectivity index is 1.99. The molecule has 0 aliphatic carbocycles. The van der Waals surface area contributed by atoms with Gasteiger partial charge in [-0.25, -0.2) is 8.42 Å². The summed E-state index contributed by atoms with van der Waals surface area (Å²) < 4.78 is 27.9. The number of rotatable bonds is 3. The Kier molecular flexibility index (Phi) is 3.65. The molecule has 4 nitrogen and oxygen atoms in total. The first-order chi connectivity index (χ1) is 10.1. The maximum Gasteiger partial charge on any atom is 0.261 e. The second-order valence-electron chi connectivity index (χ2n) is 4.45. The Morgan fingerprint density at radius 1 is 1.00 bits per heavy atom. The van der Waals surface area contributed by atoms with E-state index >= 15 is 0 Å². The van der Waals surface area contributed by atoms with E-state index in [1.807, 2.05) is 18.2 Å². The highest BCUT2D eigenvalue weighted by Crippen LogP contribution is 2.25. The maximum absolute atomic E-state index is 12.3. The van der Waals surface area contributed by atoms with Gasteiger partial charge in [-0.1, -0.05) is 30.3 Å². The lowest BCUT2D eigenvalue weighted by Crippen LogP contribution is -2.12. The summed E-state index contributed by atoms with van der Waals surface area (Å²) in [5.74, 6) is 0. The number of anilines is 1. The molecule has 106 valence electrons. The van der Waals surface area contributed by atoms with E-state index in [0.717, 1.165) is 15.4 Å². The van der Waals surface area contributed by atoms with E-state index in [1.54, 1.807) is 36.4 Å². The van der Waals surface area contributed by atoms with E-state index in [0.29, 0.717) is 5.69 Å². The fourth-order valence-electron chi connectivity index (χ4n) is 1.99. The van der Waals surface area contributed by atoms with Gasteiger partial charge < -0.3 is 0 Å². The third kappa shape index (κ3) is 2.91. The molecule has 0 spiro atoms. The molecule has 0 bridgehead atoms. The van der Waals surface area contributed by atoms with Gasteiger partial charge in [0.1, 0.15) is 0 Å². The molecule has 0 saturated carbocycles. The van der Waals surface area contributed by atoms with Crippen LogP contribution >= 0.6 is 15.9 Å². The smallest absolute Gasteiger partial charge is 0.261 e. The van der Waals surface area contributed by atoms with Crippen molar-refractivity contribution >= 4 is 42.5 Å². The highest BCUT2D eigenvalue weighted by molar-refractivity contribution is 9.10. The van der Waals surface area contributed by atoms with E-state index in [2.05, 4.69) is 25.6 Å². The van der Waals surface area contributed by atoms with Crippen molar-refractivity contribution in [2.45, 2.75) is 4.90 Å². The van der Waals surface area contributed by atoms with Crippen LogP contribution in [0.15, 0.2) is 70.2 Å². The monoisotopic (exact) mass is 362 g/mol. The lowest BCUT2D eigenvalue weighted by Gasteiger charge is -2.09. The van der Waals surface area contributed by atoms with Gasteiger partial charge in [0.15, 0.2) is 0 Å². The van der Waals surface area contributed by atoms with Gasteiger partial charge in [-0.3, -0.25) is 9.71 Å². The van der Waals surface area contributed by atoms with Gasteiger partial charge >= 0.3 is 0 Å². The van der Waals surface area contributed by atoms with Gasteiger partial charge in [0.25, 0.3) is 10.0 Å². The summed E-state index contributed by atoms with van der Waals surface area (Å²) >= 11 is 3.42. The molecular formula is C15H11BrN2O2S. The number of aromatic nitrogens is 1. The van der Waals surface area contributed by atoms with Crippen molar-refractivity contribution in [3.8, 4) is 0 Å². The Hall–Kier alpha value is -1.92. The predicted molar refractivity (Wildman–Crippen MR) is 86.7 cm³/mol. The van der Waals surface area contributed by atoms with Crippen LogP contribution in [0.3, 0.4) is 0 Å². The number of halogens is 1. The number of nitrogens with one attached hydrogen (secondary N) is 1. The maximum atomic E-state index is 12.3. The molecule has 0 amide bonds. The normalized spacial score (nSPS) is 11.5. The van der Waals surface area contributed by atoms with E-state index < -0.39 is 10.0 Å². The summed E-state index contributed by atoms with van der Waals surface area (Å²) in [6.45, 7) is 0. The predicted octanol–water partition coefficient (Wildman–Crippen LogP) is 3.80. The highest BCUT2D eigenvalue weighted by atomic mass is 79.9. The average Bonchev–Trinajstić information content (AvgIpc) is 2.48. The Bertz CT molecular complexity index is 896. The van der Waals surface area contributed by atoms with Crippen molar-refractivity contribution in [3.05, 3.63) is 65.3 Å². The zero-order valence-corrected chi connectivity index (χ0v) is 13.2. The largest absolute Gasteiger partial charge is 0.278 e. The summed E-state index contributed by atoms with van der Waals surface area (Å²) in [6, 6.07) is 15.7. The molecule has 2 aromatic carbocycles. The molecule has 1 N–H and O–H groups in total. The van der Waals surface area contributed by atoms with Crippen LogP contribution in [-0.4, -0.2) is 13.4 Å². The zero-order chi connectivity index (χ0) is 14.9. The Labute approximate surface area is 131 Å². The molecule has 6 heteroatoms. The van der Waals surface area contributed by atoms with Crippen molar-refractivity contribution in [2.24, 2.45) is 0 Å². The first-order valence-electron chi connectivity index (χ1n) is 6.18. The van der Waals surface area contributed by atoms with Crippen LogP contribution in [0.25, 0.3) is 10.9 Å². The molecule has 0 radical (unpaired) electrons. The first kappa shape index (κ1) is 14.0. The van der Waals surface area contributed by atoms with Crippen LogP contribution < -0.4 is 4.72 Å². The molecule has 0 atom stereocenters. The van der Waals surface area contributed by atoms with Crippen molar-refractivity contribution in [3.63, 3.8) is 0 Å². The summed E-state index contributed by atoms with van der Waals surface area (Å²) in [5.41, 5.74) is 1.23. The van der Waals surface area contributed by atoms with Crippen LogP contribution in [0.2, 0.25) is 0 Å². The van der Waals surface area contributed by atoms with E-state index in [9.17, 15) is 8.42 Å². The van der Waals surface area contributed by atoms with Gasteiger partial charge in [0.05, 0.1) is 22.3 Å². The van der Waals surface area contributed by atoms with Crippen LogP contribution in [-0.2, 0) is 10.0 Å². The Morgan fingerprint density at radius 3 is 2.52 bits per heavy atom. The fraction of sp³-hybridized carbons (Fsp3) is 0. The van der Waals surface area contributed by atoms with Crippen LogP contribution in [0, 0.1) is 0 Å². The minimum absolute atomic E-state index is 0.222. The molecule has 3 aromatic rings. The van der Waals surface area contributed by atoms with E-state index in [-0.39, 0.29) is 4.90 Å². The molecule has 3 rings (SSSR count). The quantitative estimate of drug-likeness (QED) is 0.770. The van der Waals surface area contributed by atoms with Crippen LogP contribution in [0.4, 0.5) is 5.69 Å². The first-order valence-corrected chi connectivity index (χ1v) is 8.46. The molecule has 0 aliphatic rings. The number of sulfonamides is 1. The fourth-order valence-corrected chi connectivity index (χ4v) is 3.53. The molecule has 0 unspecified atom stereocenters. The summed E-state index contributed by atoms with van der Waals surface area (Å²) in [6.07, 6.45) is 1.51. The zero-order valence-electron chi connectivity index (χ0n) is 10.8. The van der Waals surface area contributed by atoms with Crippen LogP contribution in [0.1, 0.15) is 0 Å². The number of hydrogen-bond acceptors (Lipinski definition) is 3. The molecule has 1 aromatic heterocycles. The van der Waals surface area contributed by atoms with Crippen molar-refractivity contribution in [1.29, 1.82) is 0 Å². The number of fused-ring (bicyclic) bond motifs is 1. The number of benzene rings is 2. The summed E-state index contributed by atoms with van der Waals surface area (Å²) in [5, 5.41) is 0.859. The standard InChI is InChI=1S/C15H11BrN2O2S/c16-14-8-4-5-11-9-12(10-17-15(11)14)18-21(19,20)13-6-2-1-3-7-13/h1-10,18H. The molecule has 0 saturated heterocycles. The molecule has 1 heterocycles. The second kappa shape index (κ2) is 5.46. The number of para-hydroxylation sites is 1. The van der Waals surface area contributed by atoms with Gasteiger partial charge in [0, 0.05) is 9.86 Å². The van der Waals surface area contributed by atoms with Gasteiger partial charge in [-0.05, 0) is 40.2 Å². The lowest BCUT2D eigenvalue weighted by atomic mass is 10.2. The molecular weight excluding hydrogens is 352 g/mol. The number of hydrogen-bond donors (Lipinski definition) is 1. The van der Waals surface area contributed by atoms with Crippen LogP contribution in [0.5, 0.6) is 0 Å². The van der Waals surface area contributed by atoms with Gasteiger partial charge in [-0.2, -0.15) is 0 Å². The summed E-state index contributed by atoms with van der Waals surface area (Å²) in [7, 11) is -3.59. The lowest BCUT2D eigenvalue weighted by molar-refractivity contribution is 0.601. The topological polar surface area (TPSA) is 59.1 Å². The average molecular weight is 363 g/mol. The SMILES string of the molecule is O=S(=O)(Nc1cnc2c(Br)cccc2c1)c1ccccc1. The van der Waals surface area contributed by atoms with Crippen molar-refractivity contribution < 1.29 is 8.42 Å². The number of pyridine rings is 1. The highest BCUT2D eigenvalue weighted by Gasteiger charge is 2.14. The number of nitrogens with zero attached hydrogens (tertiary/aromatic N) is 1. The third-order valence-corrected chi connectivity index (χ3v) is 5.00. The molecule has 21 heavy (non-hydrogen) atoms. The minimum atomic E-state index is -3.59. The van der Waals surface area contributed by atoms with Gasteiger partial charge in [-0.15, -0.1) is 0 Å². The summed E-state index contributed by atoms with van der Waals surface area (Å²) in [4.78, 5) is 4.51. The van der Waals surface area contributed by atoms with Crippen molar-refractivity contribution in [1.82, 2.24) is 4.98 Å². The van der Waals surface area contributed by atoms with Gasteiger partial charge in [0.2, 0.25) is 0 Å². The third-order valence-electron chi connectivity index (χ3n) is 2.97. The molecule has 0 aliphatic heterocycles. The second-order valence-corrected chi connectivity index (χ2v) is 6.99. The molecule has 0 fully saturated rings. The van der Waals surface area contributed by atoms with E-state index in [1.165, 1.54) is 6.20 Å².